The summed E-state index contributed by atoms with van der Waals surface area (Å²) in [4.78, 5) is 83.2. The van der Waals surface area contributed by atoms with E-state index in [0.29, 0.717) is 11.5 Å². The van der Waals surface area contributed by atoms with Crippen LogP contribution < -0.4 is 10.6 Å². The van der Waals surface area contributed by atoms with Crippen LogP contribution in [-0.4, -0.2) is 71.0 Å². The molecule has 0 saturated heterocycles. The fraction of sp³-hybridized carbons (Fsp3) is 0.318. The van der Waals surface area contributed by atoms with Gasteiger partial charge in [0.05, 0.1) is 22.5 Å². The molecule has 0 fully saturated rings. The number of hydrogen-bond acceptors (Lipinski definition) is 10. The number of carbonyl (C=O) groups excluding carboxylic acids is 6. The lowest BCUT2D eigenvalue weighted by molar-refractivity contribution is 0.0978. The average Bonchev–Trinajstić information content (AvgIpc) is 3.16. The molecule has 4 aromatic rings. The Hall–Kier alpha value is -5.20. The highest BCUT2D eigenvalue weighted by Gasteiger charge is 2.39. The molecule has 0 radical (unpaired) electrons. The van der Waals surface area contributed by atoms with Crippen molar-refractivity contribution < 1.29 is 38.2 Å². The molecule has 2 aliphatic carbocycles. The van der Waals surface area contributed by atoms with Gasteiger partial charge in [-0.3, -0.25) is 29.8 Å². The second kappa shape index (κ2) is 16.5. The average molecular weight is 793 g/mol. The van der Waals surface area contributed by atoms with E-state index in [1.54, 1.807) is 66.4 Å². The van der Waals surface area contributed by atoms with Crippen molar-refractivity contribution in [1.29, 1.82) is 0 Å². The van der Waals surface area contributed by atoms with Crippen LogP contribution in [0, 0.1) is 5.41 Å². The molecular weight excluding hydrogens is 749 g/mol. The van der Waals surface area contributed by atoms with E-state index in [-0.39, 0.29) is 90.4 Å². The molecule has 2 N–H and O–H groups in total. The topological polar surface area (TPSA) is 145 Å². The maximum absolute atomic E-state index is 14.4. The molecule has 2 aliphatic rings. The van der Waals surface area contributed by atoms with Crippen molar-refractivity contribution in [2.75, 3.05) is 41.6 Å². The van der Waals surface area contributed by atoms with E-state index < -0.39 is 35.3 Å². The largest absolute Gasteiger partial charge is 0.448 e. The fourth-order valence-corrected chi connectivity index (χ4v) is 8.03. The highest BCUT2D eigenvalue weighted by atomic mass is 32.2. The molecule has 0 atom stereocenters. The van der Waals surface area contributed by atoms with E-state index in [2.05, 4.69) is 45.3 Å². The number of fused-ring (bicyclic) bond motifs is 4. The molecule has 4 aromatic carbocycles. The Morgan fingerprint density at radius 3 is 1.32 bits per heavy atom. The highest BCUT2D eigenvalue weighted by molar-refractivity contribution is 8.00. The summed E-state index contributed by atoms with van der Waals surface area (Å²) in [6.45, 7) is 11.2. The minimum Gasteiger partial charge on any atom is -0.448 e. The zero-order valence-corrected chi connectivity index (χ0v) is 33.9. The first-order valence-corrected chi connectivity index (χ1v) is 20.7. The monoisotopic (exact) mass is 792 g/mol. The summed E-state index contributed by atoms with van der Waals surface area (Å²) in [5.74, 6) is -0.883. The predicted octanol–water partition coefficient (Wildman–Crippen LogP) is 9.70. The molecule has 56 heavy (non-hydrogen) atoms. The number of nitrogens with one attached hydrogen (secondary N) is 2. The van der Waals surface area contributed by atoms with Gasteiger partial charge in [0.25, 0.3) is 0 Å². The van der Waals surface area contributed by atoms with E-state index in [0.717, 1.165) is 12.8 Å². The first-order chi connectivity index (χ1) is 26.6. The van der Waals surface area contributed by atoms with Crippen LogP contribution in [0.25, 0.3) is 11.1 Å². The Morgan fingerprint density at radius 1 is 0.536 bits per heavy atom. The number of ketones is 4. The van der Waals surface area contributed by atoms with E-state index in [1.807, 2.05) is 6.26 Å². The van der Waals surface area contributed by atoms with Gasteiger partial charge in [-0.15, -0.1) is 0 Å². The van der Waals surface area contributed by atoms with Gasteiger partial charge in [0.2, 0.25) is 0 Å². The Balaban J connectivity index is 1.39. The third-order valence-corrected chi connectivity index (χ3v) is 11.7. The van der Waals surface area contributed by atoms with Gasteiger partial charge >= 0.3 is 12.2 Å². The van der Waals surface area contributed by atoms with Crippen molar-refractivity contribution in [1.82, 2.24) is 0 Å². The fourth-order valence-electron chi connectivity index (χ4n) is 6.81. The number of anilines is 2. The summed E-state index contributed by atoms with van der Waals surface area (Å²) in [5, 5.41) is 5.31. The van der Waals surface area contributed by atoms with Crippen molar-refractivity contribution in [3.8, 4) is 11.1 Å². The van der Waals surface area contributed by atoms with Gasteiger partial charge in [-0.2, -0.15) is 23.5 Å². The van der Waals surface area contributed by atoms with E-state index in [1.165, 1.54) is 30.0 Å². The molecule has 6 rings (SSSR count). The maximum Gasteiger partial charge on any atom is 0.411 e. The van der Waals surface area contributed by atoms with Crippen LogP contribution in [0.3, 0.4) is 0 Å². The molecule has 290 valence electrons. The van der Waals surface area contributed by atoms with Crippen molar-refractivity contribution in [2.45, 2.75) is 52.2 Å². The number of rotatable bonds is 12. The van der Waals surface area contributed by atoms with Crippen molar-refractivity contribution in [3.63, 3.8) is 0 Å². The van der Waals surface area contributed by atoms with Crippen LogP contribution in [0.5, 0.6) is 0 Å². The van der Waals surface area contributed by atoms with Crippen LogP contribution >= 0.6 is 23.5 Å². The molecule has 0 saturated carbocycles. The first-order valence-electron chi connectivity index (χ1n) is 18.3. The molecule has 12 heteroatoms. The van der Waals surface area contributed by atoms with Crippen LogP contribution in [0.2, 0.25) is 0 Å². The third kappa shape index (κ3) is 8.46. The number of benzene rings is 4. The van der Waals surface area contributed by atoms with Crippen LogP contribution in [0.1, 0.15) is 111 Å². The second-order valence-electron chi connectivity index (χ2n) is 15.4. The lowest BCUT2D eigenvalue weighted by Crippen LogP contribution is -2.27. The van der Waals surface area contributed by atoms with Gasteiger partial charge < -0.3 is 9.47 Å². The second-order valence-corrected chi connectivity index (χ2v) is 18.2. The Labute approximate surface area is 334 Å². The van der Waals surface area contributed by atoms with Crippen molar-refractivity contribution >= 4 is 70.2 Å². The molecule has 0 bridgehead atoms. The maximum atomic E-state index is 14.4. The SMILES string of the molecule is CSCCOC(=O)Nc1ccc(-c2ccc(NC(=O)OCCSC(C)(C)CCC(C)(C)C)c3c2C(=O)c2ccccc2C3=O)c2c1C(=O)c1ccccc1C2=O. The normalized spacial score (nSPS) is 13.3. The van der Waals surface area contributed by atoms with E-state index >= 15 is 0 Å². The van der Waals surface area contributed by atoms with Gasteiger partial charge in [-0.25, -0.2) is 9.59 Å². The van der Waals surface area contributed by atoms with E-state index in [4.69, 9.17) is 9.47 Å². The lowest BCUT2D eigenvalue weighted by Gasteiger charge is -2.28. The molecule has 0 aromatic heterocycles. The minimum atomic E-state index is -0.798. The smallest absolute Gasteiger partial charge is 0.411 e. The minimum absolute atomic E-state index is 0.0130. The Morgan fingerprint density at radius 2 is 0.929 bits per heavy atom. The van der Waals surface area contributed by atoms with Crippen molar-refractivity contribution in [3.05, 3.63) is 117 Å². The van der Waals surface area contributed by atoms with Crippen molar-refractivity contribution in [2.24, 2.45) is 5.41 Å². The first kappa shape index (κ1) is 40.5. The molecular formula is C44H44N2O8S2. The number of hydrogen-bond donors (Lipinski definition) is 2. The summed E-state index contributed by atoms with van der Waals surface area (Å²) in [6.07, 6.45) is 2.34. The number of ether oxygens (including phenoxy) is 2. The van der Waals surface area contributed by atoms with Crippen LogP contribution in [0.15, 0.2) is 72.8 Å². The molecule has 0 heterocycles. The summed E-state index contributed by atoms with van der Waals surface area (Å²) >= 11 is 3.21. The van der Waals surface area contributed by atoms with Gasteiger partial charge in [0, 0.05) is 49.6 Å². The van der Waals surface area contributed by atoms with Crippen LogP contribution in [-0.2, 0) is 9.47 Å². The van der Waals surface area contributed by atoms with Gasteiger partial charge in [0.1, 0.15) is 13.2 Å². The van der Waals surface area contributed by atoms with Crippen LogP contribution in [0.4, 0.5) is 21.0 Å². The zero-order chi connectivity index (χ0) is 40.4. The summed E-state index contributed by atoms with van der Waals surface area (Å²) in [5.41, 5.74) is 1.15. The molecule has 0 unspecified atom stereocenters. The quantitative estimate of drug-likeness (QED) is 0.115. The summed E-state index contributed by atoms with van der Waals surface area (Å²) in [7, 11) is 0. The molecule has 10 nitrogen and oxygen atoms in total. The standard InChI is InChI=1S/C44H44N2O8S2/c1-43(2,3)19-20-44(4,5)56-24-22-54-42(52)46-32-18-16-26(34-36(32)40(50)30-14-10-8-12-28(30)38(34)48)25-15-17-31(45-41(51)53-21-23-55-6)35-33(25)37(47)27-11-7-9-13-29(27)39(35)49/h7-18H,19-24H2,1-6H3,(H,45,51)(H,46,52). The zero-order valence-electron chi connectivity index (χ0n) is 32.3. The molecule has 2 amide bonds. The molecule has 0 spiro atoms. The Bertz CT molecular complexity index is 2270. The van der Waals surface area contributed by atoms with Gasteiger partial charge in [-0.05, 0) is 47.8 Å². The third-order valence-electron chi connectivity index (χ3n) is 9.72. The predicted molar refractivity (Wildman–Crippen MR) is 222 cm³/mol. The number of thioether (sulfide) groups is 2. The number of carbonyl (C=O) groups is 6. The highest BCUT2D eigenvalue weighted by Crippen LogP contribution is 2.44. The van der Waals surface area contributed by atoms with Gasteiger partial charge in [0.15, 0.2) is 23.1 Å². The lowest BCUT2D eigenvalue weighted by atomic mass is 9.75. The summed E-state index contributed by atoms with van der Waals surface area (Å²) < 4.78 is 10.8. The Kier molecular flexibility index (Phi) is 11.9. The number of amides is 2. The van der Waals surface area contributed by atoms with E-state index in [9.17, 15) is 28.8 Å². The molecule has 0 aliphatic heterocycles. The van der Waals surface area contributed by atoms with Gasteiger partial charge in [-0.1, -0.05) is 95.3 Å². The summed E-state index contributed by atoms with van der Waals surface area (Å²) in [6, 6.07) is 18.8.